The molecule has 1 fully saturated rings. The minimum absolute atomic E-state index is 0.227. The summed E-state index contributed by atoms with van der Waals surface area (Å²) in [5.41, 5.74) is -0.336. The van der Waals surface area contributed by atoms with Crippen molar-refractivity contribution in [3.05, 3.63) is 0 Å². The van der Waals surface area contributed by atoms with Crippen molar-refractivity contribution in [2.45, 2.75) is 18.3 Å². The largest absolute Gasteiger partial charge is 0.614 e. The molecule has 1 saturated heterocycles. The molecule has 0 radical (unpaired) electrons. The Morgan fingerprint density at radius 2 is 2.56 bits per heavy atom. The lowest BCUT2D eigenvalue weighted by molar-refractivity contribution is -0.139. The van der Waals surface area contributed by atoms with Crippen molar-refractivity contribution in [1.29, 1.82) is 0 Å². The van der Waals surface area contributed by atoms with Crippen molar-refractivity contribution in [3.63, 3.8) is 0 Å². The summed E-state index contributed by atoms with van der Waals surface area (Å²) in [5, 5.41) is 0. The third-order valence-corrected chi connectivity index (χ3v) is 2.29. The first-order chi connectivity index (χ1) is 4.20. The van der Waals surface area contributed by atoms with E-state index in [0.29, 0.717) is 12.8 Å². The maximum Gasteiger partial charge on any atom is 0.310 e. The number of hydrogen-bond donors (Lipinski definition) is 0. The molecule has 0 bridgehead atoms. The highest BCUT2D eigenvalue weighted by molar-refractivity contribution is 7.91. The zero-order valence-electron chi connectivity index (χ0n) is 5.12. The van der Waals surface area contributed by atoms with Gasteiger partial charge in [-0.1, -0.05) is 0 Å². The molecule has 0 aromatic rings. The van der Waals surface area contributed by atoms with E-state index in [4.69, 9.17) is 0 Å². The Labute approximate surface area is 56.6 Å². The fraction of sp³-hybridized carbons (Fsp3) is 0.800. The first-order valence-corrected chi connectivity index (χ1v) is 4.34. The van der Waals surface area contributed by atoms with Gasteiger partial charge < -0.3 is 9.29 Å². The molecule has 4 heteroatoms. The van der Waals surface area contributed by atoms with Crippen LogP contribution in [0.4, 0.5) is 0 Å². The van der Waals surface area contributed by atoms with Crippen molar-refractivity contribution in [3.8, 4) is 0 Å². The van der Waals surface area contributed by atoms with Gasteiger partial charge in [-0.15, -0.1) is 0 Å². The molecule has 1 rings (SSSR count). The maximum atomic E-state index is 10.6. The van der Waals surface area contributed by atoms with Crippen LogP contribution in [-0.4, -0.2) is 22.2 Å². The molecular weight excluding hydrogens is 140 g/mol. The summed E-state index contributed by atoms with van der Waals surface area (Å²) in [6.45, 7) is 0. The fourth-order valence-corrected chi connectivity index (χ4v) is 1.43. The van der Waals surface area contributed by atoms with Gasteiger partial charge in [0.1, 0.15) is 0 Å². The molecule has 0 aromatic heterocycles. The second-order valence-electron chi connectivity index (χ2n) is 1.96. The van der Waals surface area contributed by atoms with Crippen LogP contribution in [0.15, 0.2) is 0 Å². The molecular formula is C5H8O3S. The Kier molecular flexibility index (Phi) is 1.97. The second-order valence-corrected chi connectivity index (χ2v) is 3.48. The van der Waals surface area contributed by atoms with E-state index >= 15 is 0 Å². The Bertz CT molecular complexity index is 123. The van der Waals surface area contributed by atoms with Crippen LogP contribution in [0.2, 0.25) is 0 Å². The van der Waals surface area contributed by atoms with E-state index in [9.17, 15) is 9.35 Å². The number of carbonyl (C=O) groups excluding carboxylic acids is 1. The molecule has 2 unspecified atom stereocenters. The Hall–Kier alpha value is -0.220. The van der Waals surface area contributed by atoms with Crippen molar-refractivity contribution in [2.24, 2.45) is 0 Å². The van der Waals surface area contributed by atoms with Gasteiger partial charge in [-0.3, -0.25) is 4.79 Å². The van der Waals surface area contributed by atoms with Gasteiger partial charge in [-0.25, -0.2) is 0 Å². The fourth-order valence-electron chi connectivity index (χ4n) is 0.734. The number of carbonyl (C=O) groups is 1. The molecule has 0 aromatic carbocycles. The van der Waals surface area contributed by atoms with E-state index in [2.05, 4.69) is 4.74 Å². The minimum Gasteiger partial charge on any atom is -0.614 e. The third-order valence-electron chi connectivity index (χ3n) is 1.22. The van der Waals surface area contributed by atoms with Gasteiger partial charge in [0, 0.05) is 6.42 Å². The van der Waals surface area contributed by atoms with E-state index in [-0.39, 0.29) is 11.4 Å². The number of hydrogen-bond acceptors (Lipinski definition) is 3. The van der Waals surface area contributed by atoms with Gasteiger partial charge in [-0.2, -0.15) is 0 Å². The number of esters is 1. The summed E-state index contributed by atoms with van der Waals surface area (Å²) in [6.07, 6.45) is 2.58. The smallest absolute Gasteiger partial charge is 0.310 e. The summed E-state index contributed by atoms with van der Waals surface area (Å²) in [6, 6.07) is 0. The highest BCUT2D eigenvalue weighted by Gasteiger charge is 2.30. The third kappa shape index (κ3) is 1.59. The summed E-state index contributed by atoms with van der Waals surface area (Å²) in [5.74, 6) is -0.227. The van der Waals surface area contributed by atoms with Crippen LogP contribution in [-0.2, 0) is 20.7 Å². The van der Waals surface area contributed by atoms with Crippen LogP contribution < -0.4 is 0 Å². The van der Waals surface area contributed by atoms with E-state index < -0.39 is 11.2 Å². The Balaban J connectivity index is 2.39. The van der Waals surface area contributed by atoms with E-state index in [0.717, 1.165) is 0 Å². The van der Waals surface area contributed by atoms with Crippen LogP contribution in [0.25, 0.3) is 0 Å². The lowest BCUT2D eigenvalue weighted by Gasteiger charge is -2.09. The van der Waals surface area contributed by atoms with Gasteiger partial charge >= 0.3 is 5.97 Å². The zero-order chi connectivity index (χ0) is 6.85. The van der Waals surface area contributed by atoms with Gasteiger partial charge in [0.2, 0.25) is 0 Å². The van der Waals surface area contributed by atoms with Crippen molar-refractivity contribution >= 4 is 17.1 Å². The lowest BCUT2D eigenvalue weighted by atomic mass is 10.4. The minimum atomic E-state index is -1.00. The van der Waals surface area contributed by atoms with Crippen LogP contribution in [0, 0.1) is 0 Å². The molecule has 52 valence electrons. The quantitative estimate of drug-likeness (QED) is 0.389. The van der Waals surface area contributed by atoms with Gasteiger partial charge in [0.15, 0.2) is 0 Å². The molecule has 1 aliphatic rings. The average Bonchev–Trinajstić information content (AvgIpc) is 2.14. The van der Waals surface area contributed by atoms with Crippen LogP contribution in [0.3, 0.4) is 0 Å². The monoisotopic (exact) mass is 148 g/mol. The van der Waals surface area contributed by atoms with Gasteiger partial charge in [0.05, 0.1) is 12.7 Å². The highest BCUT2D eigenvalue weighted by Crippen LogP contribution is 2.17. The second kappa shape index (κ2) is 2.58. The predicted molar refractivity (Wildman–Crippen MR) is 33.2 cm³/mol. The molecule has 2 atom stereocenters. The normalized spacial score (nSPS) is 30.0. The number of cyclic esters (lactones) is 1. The molecule has 0 N–H and O–H groups in total. The molecule has 1 heterocycles. The highest BCUT2D eigenvalue weighted by atomic mass is 32.2. The number of rotatable bonds is 1. The summed E-state index contributed by atoms with van der Waals surface area (Å²) < 4.78 is 15.3. The lowest BCUT2D eigenvalue weighted by Crippen LogP contribution is -2.18. The molecule has 3 nitrogen and oxygen atoms in total. The van der Waals surface area contributed by atoms with E-state index in [1.165, 1.54) is 0 Å². The maximum absolute atomic E-state index is 10.6. The summed E-state index contributed by atoms with van der Waals surface area (Å²) >= 11 is -1.00. The van der Waals surface area contributed by atoms with Crippen molar-refractivity contribution in [1.82, 2.24) is 0 Å². The van der Waals surface area contributed by atoms with Crippen LogP contribution in [0.1, 0.15) is 12.8 Å². The first kappa shape index (κ1) is 6.89. The van der Waals surface area contributed by atoms with Crippen molar-refractivity contribution in [2.75, 3.05) is 6.26 Å². The summed E-state index contributed by atoms with van der Waals surface area (Å²) in [4.78, 5) is 10.4. The van der Waals surface area contributed by atoms with Crippen LogP contribution >= 0.6 is 0 Å². The van der Waals surface area contributed by atoms with E-state index in [1.807, 2.05) is 0 Å². The molecule has 0 saturated carbocycles. The SMILES string of the molecule is C[S+]([O-])C1CCC(=O)O1. The molecule has 0 aliphatic carbocycles. The zero-order valence-corrected chi connectivity index (χ0v) is 5.94. The molecule has 9 heavy (non-hydrogen) atoms. The van der Waals surface area contributed by atoms with Crippen molar-refractivity contribution < 1.29 is 14.1 Å². The average molecular weight is 148 g/mol. The Morgan fingerprint density at radius 1 is 1.89 bits per heavy atom. The van der Waals surface area contributed by atoms with Gasteiger partial charge in [-0.05, 0) is 11.2 Å². The van der Waals surface area contributed by atoms with E-state index in [1.54, 1.807) is 6.26 Å². The van der Waals surface area contributed by atoms with Gasteiger partial charge in [0.25, 0.3) is 5.44 Å². The molecule has 0 amide bonds. The Morgan fingerprint density at radius 3 is 2.78 bits per heavy atom. The standard InChI is InChI=1S/C5H8O3S/c1-9(7)5-3-2-4(6)8-5/h5H,2-3H2,1H3. The predicted octanol–water partition coefficient (Wildman–Crippen LogP) is 0.0280. The summed E-state index contributed by atoms with van der Waals surface area (Å²) in [7, 11) is 0. The molecule has 1 aliphatic heterocycles. The molecule has 0 spiro atoms. The first-order valence-electron chi connectivity index (χ1n) is 2.72. The number of ether oxygens (including phenoxy) is 1. The topological polar surface area (TPSA) is 49.4 Å². The van der Waals surface area contributed by atoms with Crippen LogP contribution in [0.5, 0.6) is 0 Å².